The summed E-state index contributed by atoms with van der Waals surface area (Å²) in [6.45, 7) is 1.44. The summed E-state index contributed by atoms with van der Waals surface area (Å²) in [7, 11) is 0. The molecule has 98 valence electrons. The van der Waals surface area contributed by atoms with E-state index in [0.29, 0.717) is 5.92 Å². The second-order valence-corrected chi connectivity index (χ2v) is 5.67. The van der Waals surface area contributed by atoms with Gasteiger partial charge < -0.3 is 9.84 Å². The first-order chi connectivity index (χ1) is 8.13. The summed E-state index contributed by atoms with van der Waals surface area (Å²) in [5.74, 6) is 0.0760. The van der Waals surface area contributed by atoms with Gasteiger partial charge in [-0.3, -0.25) is 4.79 Å². The zero-order chi connectivity index (χ0) is 12.3. The first kappa shape index (κ1) is 12.9. The lowest BCUT2D eigenvalue weighted by Crippen LogP contribution is -2.53. The number of hydrogen-bond acceptors (Lipinski definition) is 3. The Labute approximate surface area is 104 Å². The molecule has 0 saturated heterocycles. The fraction of sp³-hybridized carbons (Fsp3) is 0.929. The maximum Gasteiger partial charge on any atom is 0.303 e. The zero-order valence-electron chi connectivity index (χ0n) is 10.8. The molecule has 2 fully saturated rings. The largest absolute Gasteiger partial charge is 0.459 e. The van der Waals surface area contributed by atoms with Crippen molar-refractivity contribution in [1.29, 1.82) is 0 Å². The number of hydrogen-bond donors (Lipinski definition) is 1. The lowest BCUT2D eigenvalue weighted by atomic mass is 9.68. The van der Waals surface area contributed by atoms with Gasteiger partial charge in [0.2, 0.25) is 0 Å². The van der Waals surface area contributed by atoms with Crippen LogP contribution < -0.4 is 0 Å². The van der Waals surface area contributed by atoms with E-state index in [2.05, 4.69) is 0 Å². The van der Waals surface area contributed by atoms with Gasteiger partial charge in [-0.25, -0.2) is 0 Å². The van der Waals surface area contributed by atoms with E-state index in [9.17, 15) is 9.90 Å². The van der Waals surface area contributed by atoms with Crippen molar-refractivity contribution in [3.05, 3.63) is 0 Å². The van der Waals surface area contributed by atoms with Crippen molar-refractivity contribution < 1.29 is 14.6 Å². The van der Waals surface area contributed by atoms with E-state index in [1.165, 1.54) is 26.2 Å². The van der Waals surface area contributed by atoms with Gasteiger partial charge in [0.05, 0.1) is 0 Å². The normalized spacial score (nSPS) is 35.5. The summed E-state index contributed by atoms with van der Waals surface area (Å²) in [6, 6.07) is 0. The van der Waals surface area contributed by atoms with Gasteiger partial charge in [0.25, 0.3) is 0 Å². The Bertz CT molecular complexity index is 271. The summed E-state index contributed by atoms with van der Waals surface area (Å²) in [5.41, 5.74) is -0.746. The van der Waals surface area contributed by atoms with Crippen molar-refractivity contribution in [2.75, 3.05) is 0 Å². The van der Waals surface area contributed by atoms with Crippen LogP contribution in [0.5, 0.6) is 0 Å². The molecule has 0 aromatic heterocycles. The Morgan fingerprint density at radius 1 is 1.12 bits per heavy atom. The number of ether oxygens (including phenoxy) is 1. The topological polar surface area (TPSA) is 46.5 Å². The minimum Gasteiger partial charge on any atom is -0.459 e. The van der Waals surface area contributed by atoms with Crippen LogP contribution in [0.1, 0.15) is 64.7 Å². The van der Waals surface area contributed by atoms with Crippen LogP contribution in [0.2, 0.25) is 0 Å². The summed E-state index contributed by atoms with van der Waals surface area (Å²) in [5, 5.41) is 10.9. The summed E-state index contributed by atoms with van der Waals surface area (Å²) < 4.78 is 5.37. The molecule has 2 rings (SSSR count). The molecule has 17 heavy (non-hydrogen) atoms. The standard InChI is InChI=1S/C14H24O3/c1-11(15)17-13-9-5-6-10-14(13,16)12-7-3-2-4-8-12/h12-13,16H,2-10H2,1H3/t13-,14+/m1/s1. The SMILES string of the molecule is CC(=O)O[C@@H]1CCCC[C@]1(O)C1CCCCC1. The van der Waals surface area contributed by atoms with Crippen LogP contribution in [0.3, 0.4) is 0 Å². The van der Waals surface area contributed by atoms with Crippen LogP contribution in [-0.4, -0.2) is 22.8 Å². The molecule has 2 aliphatic carbocycles. The van der Waals surface area contributed by atoms with E-state index >= 15 is 0 Å². The predicted octanol–water partition coefficient (Wildman–Crippen LogP) is 2.80. The third kappa shape index (κ3) is 2.82. The molecular weight excluding hydrogens is 216 g/mol. The van der Waals surface area contributed by atoms with E-state index in [1.807, 2.05) is 0 Å². The lowest BCUT2D eigenvalue weighted by Gasteiger charge is -2.45. The average molecular weight is 240 g/mol. The monoisotopic (exact) mass is 240 g/mol. The lowest BCUT2D eigenvalue weighted by molar-refractivity contribution is -0.183. The van der Waals surface area contributed by atoms with Gasteiger partial charge in [0, 0.05) is 6.92 Å². The Hall–Kier alpha value is -0.570. The molecule has 0 aromatic rings. The average Bonchev–Trinajstić information content (AvgIpc) is 2.33. The number of esters is 1. The highest BCUT2D eigenvalue weighted by Gasteiger charge is 2.47. The van der Waals surface area contributed by atoms with Gasteiger partial charge in [0.1, 0.15) is 11.7 Å². The van der Waals surface area contributed by atoms with Gasteiger partial charge in [-0.15, -0.1) is 0 Å². The van der Waals surface area contributed by atoms with Crippen molar-refractivity contribution >= 4 is 5.97 Å². The minimum absolute atomic E-state index is 0.258. The molecule has 2 saturated carbocycles. The number of carbonyl (C=O) groups is 1. The Balaban J connectivity index is 2.08. The highest BCUT2D eigenvalue weighted by molar-refractivity contribution is 5.66. The highest BCUT2D eigenvalue weighted by atomic mass is 16.6. The second-order valence-electron chi connectivity index (χ2n) is 5.67. The van der Waals surface area contributed by atoms with Gasteiger partial charge in [-0.2, -0.15) is 0 Å². The van der Waals surface area contributed by atoms with E-state index in [1.54, 1.807) is 0 Å². The molecular formula is C14H24O3. The maximum atomic E-state index is 11.1. The van der Waals surface area contributed by atoms with Crippen molar-refractivity contribution in [2.24, 2.45) is 5.92 Å². The fourth-order valence-electron chi connectivity index (χ4n) is 3.58. The van der Waals surface area contributed by atoms with Gasteiger partial charge in [0.15, 0.2) is 0 Å². The molecule has 0 heterocycles. The molecule has 3 nitrogen and oxygen atoms in total. The molecule has 0 aliphatic heterocycles. The van der Waals surface area contributed by atoms with Crippen molar-refractivity contribution in [3.63, 3.8) is 0 Å². The van der Waals surface area contributed by atoms with Crippen LogP contribution in [-0.2, 0) is 9.53 Å². The van der Waals surface area contributed by atoms with Gasteiger partial charge in [-0.1, -0.05) is 25.7 Å². The third-order valence-corrected chi connectivity index (χ3v) is 4.47. The molecule has 3 heteroatoms. The van der Waals surface area contributed by atoms with Crippen LogP contribution in [0.4, 0.5) is 0 Å². The first-order valence-electron chi connectivity index (χ1n) is 7.02. The molecule has 0 radical (unpaired) electrons. The first-order valence-corrected chi connectivity index (χ1v) is 7.02. The number of rotatable bonds is 2. The summed E-state index contributed by atoms with van der Waals surface area (Å²) in [6.07, 6.45) is 9.36. The Kier molecular flexibility index (Phi) is 4.08. The molecule has 0 unspecified atom stereocenters. The molecule has 0 bridgehead atoms. The molecule has 2 atom stereocenters. The van der Waals surface area contributed by atoms with Gasteiger partial charge in [-0.05, 0) is 38.0 Å². The molecule has 2 aliphatic rings. The number of aliphatic hydroxyl groups is 1. The van der Waals surface area contributed by atoms with E-state index < -0.39 is 5.60 Å². The minimum atomic E-state index is -0.746. The molecule has 0 spiro atoms. The quantitative estimate of drug-likeness (QED) is 0.755. The predicted molar refractivity (Wildman–Crippen MR) is 65.5 cm³/mol. The molecule has 1 N–H and O–H groups in total. The smallest absolute Gasteiger partial charge is 0.303 e. The van der Waals surface area contributed by atoms with Gasteiger partial charge >= 0.3 is 5.97 Å². The van der Waals surface area contributed by atoms with Crippen molar-refractivity contribution in [3.8, 4) is 0 Å². The maximum absolute atomic E-state index is 11.1. The Morgan fingerprint density at radius 2 is 1.76 bits per heavy atom. The van der Waals surface area contributed by atoms with Crippen molar-refractivity contribution in [1.82, 2.24) is 0 Å². The fourth-order valence-corrected chi connectivity index (χ4v) is 3.58. The van der Waals surface area contributed by atoms with Crippen LogP contribution in [0.15, 0.2) is 0 Å². The van der Waals surface area contributed by atoms with E-state index in [0.717, 1.165) is 38.5 Å². The molecule has 0 amide bonds. The number of carbonyl (C=O) groups excluding carboxylic acids is 1. The summed E-state index contributed by atoms with van der Waals surface area (Å²) >= 11 is 0. The molecule has 0 aromatic carbocycles. The van der Waals surface area contributed by atoms with E-state index in [-0.39, 0.29) is 12.1 Å². The van der Waals surface area contributed by atoms with Crippen LogP contribution >= 0.6 is 0 Å². The summed E-state index contributed by atoms with van der Waals surface area (Å²) in [4.78, 5) is 11.1. The van der Waals surface area contributed by atoms with Crippen LogP contribution in [0.25, 0.3) is 0 Å². The van der Waals surface area contributed by atoms with Crippen molar-refractivity contribution in [2.45, 2.75) is 76.4 Å². The third-order valence-electron chi connectivity index (χ3n) is 4.47. The Morgan fingerprint density at radius 3 is 2.41 bits per heavy atom. The van der Waals surface area contributed by atoms with E-state index in [4.69, 9.17) is 4.74 Å². The second kappa shape index (κ2) is 5.38. The highest BCUT2D eigenvalue weighted by Crippen LogP contribution is 2.42. The zero-order valence-corrected chi connectivity index (χ0v) is 10.8. The van der Waals surface area contributed by atoms with Crippen LogP contribution in [0, 0.1) is 5.92 Å².